The molecule has 2 amide bonds. The molecule has 0 aliphatic carbocycles. The molecule has 3 aromatic rings. The van der Waals surface area contributed by atoms with Crippen molar-refractivity contribution in [3.05, 3.63) is 76.9 Å². The zero-order valence-electron chi connectivity index (χ0n) is 18.3. The van der Waals surface area contributed by atoms with Gasteiger partial charge in [0.05, 0.1) is 25.8 Å². The van der Waals surface area contributed by atoms with Crippen LogP contribution in [0.2, 0.25) is 5.02 Å². The zero-order chi connectivity index (χ0) is 22.9. The number of hydrogen-bond donors (Lipinski definition) is 2. The maximum absolute atomic E-state index is 12.7. The lowest BCUT2D eigenvalue weighted by Crippen LogP contribution is -2.39. The number of para-hydroxylation sites is 1. The van der Waals surface area contributed by atoms with E-state index in [-0.39, 0.29) is 24.9 Å². The summed E-state index contributed by atoms with van der Waals surface area (Å²) < 4.78 is 1.69. The van der Waals surface area contributed by atoms with Gasteiger partial charge in [0.2, 0.25) is 11.8 Å². The van der Waals surface area contributed by atoms with Crippen LogP contribution in [0.25, 0.3) is 0 Å². The second-order valence-corrected chi connectivity index (χ2v) is 7.99. The van der Waals surface area contributed by atoms with Crippen molar-refractivity contribution >= 4 is 34.9 Å². The lowest BCUT2D eigenvalue weighted by molar-refractivity contribution is -0.120. The third-order valence-corrected chi connectivity index (χ3v) is 5.32. The van der Waals surface area contributed by atoms with E-state index in [0.717, 1.165) is 23.2 Å². The fourth-order valence-electron chi connectivity index (χ4n) is 3.37. The first kappa shape index (κ1) is 23.5. The minimum atomic E-state index is -0.206. The van der Waals surface area contributed by atoms with E-state index in [0.29, 0.717) is 23.9 Å². The molecule has 168 valence electrons. The highest BCUT2D eigenvalue weighted by Gasteiger charge is 2.16. The molecule has 0 unspecified atom stereocenters. The standard InChI is InChI=1S/C24H28ClN5O2/c1-3-14-29(16-23(31)27-21-11-7-4-8-18(21)2)17-24(32)28-22-12-13-26-30(22)15-19-9-5-6-10-20(19)25/h4-13H,3,14-17H2,1-2H3,(H,27,31)(H,28,32). The normalized spacial score (nSPS) is 10.9. The van der Waals surface area contributed by atoms with Gasteiger partial charge in [0, 0.05) is 16.8 Å². The maximum Gasteiger partial charge on any atom is 0.239 e. The molecule has 0 saturated heterocycles. The van der Waals surface area contributed by atoms with E-state index in [1.165, 1.54) is 0 Å². The number of aryl methyl sites for hydroxylation is 1. The quantitative estimate of drug-likeness (QED) is 0.482. The molecule has 0 fully saturated rings. The highest BCUT2D eigenvalue weighted by molar-refractivity contribution is 6.31. The third-order valence-electron chi connectivity index (χ3n) is 4.96. The Bertz CT molecular complexity index is 1070. The van der Waals surface area contributed by atoms with Crippen molar-refractivity contribution in [2.75, 3.05) is 30.3 Å². The number of rotatable bonds is 10. The van der Waals surface area contributed by atoms with Gasteiger partial charge in [0.25, 0.3) is 0 Å². The summed E-state index contributed by atoms with van der Waals surface area (Å²) in [4.78, 5) is 27.1. The first-order valence-corrected chi connectivity index (χ1v) is 11.0. The number of carbonyl (C=O) groups excluding carboxylic acids is 2. The molecule has 2 N–H and O–H groups in total. The molecule has 32 heavy (non-hydrogen) atoms. The van der Waals surface area contributed by atoms with Crippen molar-refractivity contribution in [1.82, 2.24) is 14.7 Å². The summed E-state index contributed by atoms with van der Waals surface area (Å²) in [7, 11) is 0. The van der Waals surface area contributed by atoms with Crippen LogP contribution in [0.3, 0.4) is 0 Å². The van der Waals surface area contributed by atoms with E-state index in [1.54, 1.807) is 16.9 Å². The summed E-state index contributed by atoms with van der Waals surface area (Å²) in [5.74, 6) is 0.225. The number of carbonyl (C=O) groups is 2. The van der Waals surface area contributed by atoms with E-state index in [1.807, 2.05) is 67.3 Å². The summed E-state index contributed by atoms with van der Waals surface area (Å²) in [5.41, 5.74) is 2.68. The minimum Gasteiger partial charge on any atom is -0.325 e. The number of halogens is 1. The smallest absolute Gasteiger partial charge is 0.239 e. The molecule has 0 spiro atoms. The first-order chi connectivity index (χ1) is 15.5. The van der Waals surface area contributed by atoms with E-state index in [2.05, 4.69) is 15.7 Å². The Balaban J connectivity index is 1.58. The summed E-state index contributed by atoms with van der Waals surface area (Å²) in [5, 5.41) is 10.8. The van der Waals surface area contributed by atoms with Crippen LogP contribution in [-0.4, -0.2) is 46.1 Å². The van der Waals surface area contributed by atoms with Gasteiger partial charge in [0.15, 0.2) is 0 Å². The molecule has 1 aromatic heterocycles. The molecule has 1 heterocycles. The van der Waals surface area contributed by atoms with Crippen molar-refractivity contribution in [2.45, 2.75) is 26.8 Å². The number of amides is 2. The van der Waals surface area contributed by atoms with Crippen molar-refractivity contribution < 1.29 is 9.59 Å². The number of aromatic nitrogens is 2. The van der Waals surface area contributed by atoms with Gasteiger partial charge in [0.1, 0.15) is 5.82 Å². The Morgan fingerprint density at radius 3 is 2.41 bits per heavy atom. The summed E-state index contributed by atoms with van der Waals surface area (Å²) in [6.45, 7) is 5.27. The average molecular weight is 454 g/mol. The van der Waals surface area contributed by atoms with Gasteiger partial charge in [-0.3, -0.25) is 14.5 Å². The van der Waals surface area contributed by atoms with E-state index in [4.69, 9.17) is 11.6 Å². The lowest BCUT2D eigenvalue weighted by atomic mass is 10.2. The van der Waals surface area contributed by atoms with Gasteiger partial charge in [-0.25, -0.2) is 4.68 Å². The number of hydrogen-bond acceptors (Lipinski definition) is 4. The molecule has 7 nitrogen and oxygen atoms in total. The number of anilines is 2. The van der Waals surface area contributed by atoms with Crippen molar-refractivity contribution in [2.24, 2.45) is 0 Å². The van der Waals surface area contributed by atoms with Crippen LogP contribution >= 0.6 is 11.6 Å². The largest absolute Gasteiger partial charge is 0.325 e. The van der Waals surface area contributed by atoms with Crippen LogP contribution in [0.15, 0.2) is 60.8 Å². The Morgan fingerprint density at radius 1 is 1.00 bits per heavy atom. The first-order valence-electron chi connectivity index (χ1n) is 10.6. The SMILES string of the molecule is CCCN(CC(=O)Nc1ccccc1C)CC(=O)Nc1ccnn1Cc1ccccc1Cl. The number of benzene rings is 2. The molecular formula is C24H28ClN5O2. The van der Waals surface area contributed by atoms with Crippen LogP contribution < -0.4 is 10.6 Å². The monoisotopic (exact) mass is 453 g/mol. The predicted molar refractivity (Wildman–Crippen MR) is 128 cm³/mol. The minimum absolute atomic E-state index is 0.103. The Hall–Kier alpha value is -3.16. The highest BCUT2D eigenvalue weighted by Crippen LogP contribution is 2.18. The van der Waals surface area contributed by atoms with E-state index >= 15 is 0 Å². The highest BCUT2D eigenvalue weighted by atomic mass is 35.5. The van der Waals surface area contributed by atoms with Gasteiger partial charge >= 0.3 is 0 Å². The van der Waals surface area contributed by atoms with Gasteiger partial charge in [-0.2, -0.15) is 5.10 Å². The summed E-state index contributed by atoms with van der Waals surface area (Å²) >= 11 is 6.25. The second kappa shape index (κ2) is 11.5. The molecular weight excluding hydrogens is 426 g/mol. The molecule has 2 aromatic carbocycles. The van der Waals surface area contributed by atoms with E-state index in [9.17, 15) is 9.59 Å². The Labute approximate surface area is 193 Å². The van der Waals surface area contributed by atoms with Crippen molar-refractivity contribution in [3.8, 4) is 0 Å². The van der Waals surface area contributed by atoms with Crippen molar-refractivity contribution in [1.29, 1.82) is 0 Å². The van der Waals surface area contributed by atoms with E-state index < -0.39 is 0 Å². The number of nitrogens with zero attached hydrogens (tertiary/aromatic N) is 3. The van der Waals surface area contributed by atoms with Crippen LogP contribution in [-0.2, 0) is 16.1 Å². The third kappa shape index (κ3) is 6.67. The zero-order valence-corrected chi connectivity index (χ0v) is 19.1. The second-order valence-electron chi connectivity index (χ2n) is 7.59. The molecule has 0 radical (unpaired) electrons. The molecule has 0 bridgehead atoms. The van der Waals surface area contributed by atoms with Crippen LogP contribution in [0.4, 0.5) is 11.5 Å². The summed E-state index contributed by atoms with van der Waals surface area (Å²) in [6, 6.07) is 16.9. The maximum atomic E-state index is 12.7. The lowest BCUT2D eigenvalue weighted by Gasteiger charge is -2.21. The molecule has 3 rings (SSSR count). The fourth-order valence-corrected chi connectivity index (χ4v) is 3.57. The average Bonchev–Trinajstić information content (AvgIpc) is 3.18. The number of nitrogens with one attached hydrogen (secondary N) is 2. The summed E-state index contributed by atoms with van der Waals surface area (Å²) in [6.07, 6.45) is 2.46. The molecule has 0 aliphatic rings. The molecule has 0 atom stereocenters. The predicted octanol–water partition coefficient (Wildman–Crippen LogP) is 4.18. The topological polar surface area (TPSA) is 79.3 Å². The fraction of sp³-hybridized carbons (Fsp3) is 0.292. The van der Waals surface area contributed by atoms with Crippen molar-refractivity contribution in [3.63, 3.8) is 0 Å². The van der Waals surface area contributed by atoms with Crippen LogP contribution in [0.5, 0.6) is 0 Å². The van der Waals surface area contributed by atoms with Crippen LogP contribution in [0.1, 0.15) is 24.5 Å². The van der Waals surface area contributed by atoms with Gasteiger partial charge < -0.3 is 10.6 Å². The molecule has 8 heteroatoms. The van der Waals surface area contributed by atoms with Gasteiger partial charge in [-0.05, 0) is 43.1 Å². The molecule has 0 aliphatic heterocycles. The Morgan fingerprint density at radius 2 is 1.69 bits per heavy atom. The Kier molecular flexibility index (Phi) is 8.41. The van der Waals surface area contributed by atoms with Crippen LogP contribution in [0, 0.1) is 6.92 Å². The molecule has 0 saturated carbocycles. The van der Waals surface area contributed by atoms with Gasteiger partial charge in [-0.15, -0.1) is 0 Å². The van der Waals surface area contributed by atoms with Gasteiger partial charge in [-0.1, -0.05) is 54.9 Å².